The first-order valence-electron chi connectivity index (χ1n) is 7.15. The number of hydrogen-bond acceptors (Lipinski definition) is 3. The number of benzene rings is 2. The summed E-state index contributed by atoms with van der Waals surface area (Å²) < 4.78 is 0. The van der Waals surface area contributed by atoms with Crippen molar-refractivity contribution < 1.29 is 9.59 Å². The molecule has 3 nitrogen and oxygen atoms in total. The molecule has 0 aliphatic carbocycles. The maximum absolute atomic E-state index is 11.9. The van der Waals surface area contributed by atoms with Gasteiger partial charge in [-0.05, 0) is 50.2 Å². The molecular weight excluding hydrogens is 294 g/mol. The number of ketones is 1. The molecule has 0 aromatic heterocycles. The lowest BCUT2D eigenvalue weighted by molar-refractivity contribution is -0.115. The first kappa shape index (κ1) is 16.3. The summed E-state index contributed by atoms with van der Waals surface area (Å²) >= 11 is 1.67. The van der Waals surface area contributed by atoms with E-state index in [0.717, 1.165) is 11.4 Å². The highest BCUT2D eigenvalue weighted by atomic mass is 32.2. The quantitative estimate of drug-likeness (QED) is 0.638. The fourth-order valence-electron chi connectivity index (χ4n) is 1.98. The minimum absolute atomic E-state index is 0.0178. The molecule has 4 heteroatoms. The summed E-state index contributed by atoms with van der Waals surface area (Å²) in [6.45, 7) is 3.58. The van der Waals surface area contributed by atoms with Crippen LogP contribution in [0, 0.1) is 6.92 Å². The summed E-state index contributed by atoms with van der Waals surface area (Å²) in [5.74, 6) is 0.740. The molecule has 0 bridgehead atoms. The summed E-state index contributed by atoms with van der Waals surface area (Å²) in [6, 6.07) is 15.2. The minimum Gasteiger partial charge on any atom is -0.326 e. The topological polar surface area (TPSA) is 46.2 Å². The number of carbonyl (C=O) groups excluding carboxylic acids is 2. The average Bonchev–Trinajstić information content (AvgIpc) is 2.48. The molecule has 2 rings (SSSR count). The summed E-state index contributed by atoms with van der Waals surface area (Å²) in [4.78, 5) is 24.3. The molecule has 0 unspecified atom stereocenters. The maximum Gasteiger partial charge on any atom is 0.225 e. The number of amides is 1. The Morgan fingerprint density at radius 1 is 1.09 bits per heavy atom. The van der Waals surface area contributed by atoms with Gasteiger partial charge in [0.1, 0.15) is 0 Å². The highest BCUT2D eigenvalue weighted by molar-refractivity contribution is 7.99. The summed E-state index contributed by atoms with van der Waals surface area (Å²) in [5.41, 5.74) is 2.59. The standard InChI is InChI=1S/C18H19NO2S/c1-13-4-3-5-17(12-13)22-11-10-18(21)19-16-8-6-15(7-9-16)14(2)20/h3-9,12H,10-11H2,1-2H3,(H,19,21). The lowest BCUT2D eigenvalue weighted by atomic mass is 10.1. The molecule has 22 heavy (non-hydrogen) atoms. The number of nitrogens with one attached hydrogen (secondary N) is 1. The van der Waals surface area contributed by atoms with Crippen LogP contribution < -0.4 is 5.32 Å². The van der Waals surface area contributed by atoms with E-state index in [1.54, 1.807) is 36.0 Å². The van der Waals surface area contributed by atoms with E-state index in [-0.39, 0.29) is 11.7 Å². The molecule has 0 aliphatic rings. The van der Waals surface area contributed by atoms with E-state index in [4.69, 9.17) is 0 Å². The number of carbonyl (C=O) groups is 2. The predicted molar refractivity (Wildman–Crippen MR) is 91.6 cm³/mol. The van der Waals surface area contributed by atoms with E-state index in [0.29, 0.717) is 12.0 Å². The molecule has 0 spiro atoms. The van der Waals surface area contributed by atoms with Gasteiger partial charge < -0.3 is 5.32 Å². The molecule has 0 heterocycles. The van der Waals surface area contributed by atoms with Crippen molar-refractivity contribution in [2.75, 3.05) is 11.1 Å². The molecule has 0 saturated heterocycles. The minimum atomic E-state index is -0.0178. The van der Waals surface area contributed by atoms with Crippen LogP contribution in [-0.2, 0) is 4.79 Å². The Hall–Kier alpha value is -2.07. The molecule has 2 aromatic rings. The van der Waals surface area contributed by atoms with Gasteiger partial charge in [-0.3, -0.25) is 9.59 Å². The van der Waals surface area contributed by atoms with Crippen molar-refractivity contribution in [1.29, 1.82) is 0 Å². The van der Waals surface area contributed by atoms with Crippen molar-refractivity contribution >= 4 is 29.1 Å². The highest BCUT2D eigenvalue weighted by Crippen LogP contribution is 2.20. The van der Waals surface area contributed by atoms with Crippen LogP contribution in [0.4, 0.5) is 5.69 Å². The van der Waals surface area contributed by atoms with E-state index >= 15 is 0 Å². The third-order valence-corrected chi connectivity index (χ3v) is 4.16. The van der Waals surface area contributed by atoms with E-state index in [1.165, 1.54) is 17.4 Å². The smallest absolute Gasteiger partial charge is 0.225 e. The van der Waals surface area contributed by atoms with E-state index in [9.17, 15) is 9.59 Å². The second-order valence-electron chi connectivity index (χ2n) is 5.10. The summed E-state index contributed by atoms with van der Waals surface area (Å²) in [7, 11) is 0. The molecule has 0 saturated carbocycles. The second kappa shape index (κ2) is 7.80. The Kier molecular flexibility index (Phi) is 5.78. The SMILES string of the molecule is CC(=O)c1ccc(NC(=O)CCSc2cccc(C)c2)cc1. The highest BCUT2D eigenvalue weighted by Gasteiger charge is 2.04. The van der Waals surface area contributed by atoms with Gasteiger partial charge in [0, 0.05) is 28.3 Å². The van der Waals surface area contributed by atoms with Crippen LogP contribution in [0.5, 0.6) is 0 Å². The number of Topliss-reactive ketones (excluding diaryl/α,β-unsaturated/α-hetero) is 1. The van der Waals surface area contributed by atoms with Crippen LogP contribution in [0.2, 0.25) is 0 Å². The van der Waals surface area contributed by atoms with Crippen molar-refractivity contribution in [3.8, 4) is 0 Å². The van der Waals surface area contributed by atoms with Crippen LogP contribution in [-0.4, -0.2) is 17.4 Å². The van der Waals surface area contributed by atoms with E-state index in [1.807, 2.05) is 6.07 Å². The Balaban J connectivity index is 1.79. The van der Waals surface area contributed by atoms with E-state index < -0.39 is 0 Å². The molecule has 1 N–H and O–H groups in total. The molecule has 0 fully saturated rings. The van der Waals surface area contributed by atoms with Gasteiger partial charge in [-0.15, -0.1) is 11.8 Å². The number of thioether (sulfide) groups is 1. The fraction of sp³-hybridized carbons (Fsp3) is 0.222. The van der Waals surface area contributed by atoms with Gasteiger partial charge in [0.25, 0.3) is 0 Å². The van der Waals surface area contributed by atoms with Gasteiger partial charge in [0.05, 0.1) is 0 Å². The Labute approximate surface area is 135 Å². The van der Waals surface area contributed by atoms with Crippen LogP contribution in [0.15, 0.2) is 53.4 Å². The summed E-state index contributed by atoms with van der Waals surface area (Å²) in [5, 5.41) is 2.84. The zero-order valence-corrected chi connectivity index (χ0v) is 13.6. The Morgan fingerprint density at radius 3 is 2.45 bits per heavy atom. The molecule has 0 radical (unpaired) electrons. The monoisotopic (exact) mass is 313 g/mol. The Morgan fingerprint density at radius 2 is 1.82 bits per heavy atom. The maximum atomic E-state index is 11.9. The van der Waals surface area contributed by atoms with Gasteiger partial charge in [0.2, 0.25) is 5.91 Å². The molecule has 1 amide bonds. The van der Waals surface area contributed by atoms with Gasteiger partial charge in [-0.25, -0.2) is 0 Å². The van der Waals surface area contributed by atoms with Crippen LogP contribution >= 0.6 is 11.8 Å². The molecule has 2 aromatic carbocycles. The lowest BCUT2D eigenvalue weighted by Gasteiger charge is -2.06. The zero-order valence-electron chi connectivity index (χ0n) is 12.8. The van der Waals surface area contributed by atoms with Gasteiger partial charge in [0.15, 0.2) is 5.78 Å². The molecule has 114 valence electrons. The first-order valence-corrected chi connectivity index (χ1v) is 8.13. The molecule has 0 aliphatic heterocycles. The third kappa shape index (κ3) is 5.04. The van der Waals surface area contributed by atoms with Gasteiger partial charge in [-0.2, -0.15) is 0 Å². The number of hydrogen-bond donors (Lipinski definition) is 1. The first-order chi connectivity index (χ1) is 10.5. The van der Waals surface area contributed by atoms with Crippen molar-refractivity contribution in [2.45, 2.75) is 25.2 Å². The molecular formula is C18H19NO2S. The number of rotatable bonds is 6. The summed E-state index contributed by atoms with van der Waals surface area (Å²) in [6.07, 6.45) is 0.451. The fourth-order valence-corrected chi connectivity index (χ4v) is 2.95. The normalized spacial score (nSPS) is 10.3. The average molecular weight is 313 g/mol. The predicted octanol–water partition coefficient (Wildman–Crippen LogP) is 4.32. The number of aryl methyl sites for hydroxylation is 1. The van der Waals surface area contributed by atoms with Crippen molar-refractivity contribution in [2.24, 2.45) is 0 Å². The Bertz CT molecular complexity index is 665. The van der Waals surface area contributed by atoms with Crippen LogP contribution in [0.3, 0.4) is 0 Å². The van der Waals surface area contributed by atoms with Crippen LogP contribution in [0.1, 0.15) is 29.3 Å². The van der Waals surface area contributed by atoms with Crippen molar-refractivity contribution in [1.82, 2.24) is 0 Å². The largest absolute Gasteiger partial charge is 0.326 e. The van der Waals surface area contributed by atoms with Gasteiger partial charge in [-0.1, -0.05) is 17.7 Å². The van der Waals surface area contributed by atoms with Crippen molar-refractivity contribution in [3.63, 3.8) is 0 Å². The van der Waals surface area contributed by atoms with E-state index in [2.05, 4.69) is 30.4 Å². The van der Waals surface area contributed by atoms with Gasteiger partial charge >= 0.3 is 0 Å². The second-order valence-corrected chi connectivity index (χ2v) is 6.27. The number of anilines is 1. The third-order valence-electron chi connectivity index (χ3n) is 3.16. The lowest BCUT2D eigenvalue weighted by Crippen LogP contribution is -2.12. The van der Waals surface area contributed by atoms with Crippen LogP contribution in [0.25, 0.3) is 0 Å². The molecule has 0 atom stereocenters. The zero-order chi connectivity index (χ0) is 15.9. The van der Waals surface area contributed by atoms with Crippen molar-refractivity contribution in [3.05, 3.63) is 59.7 Å².